The molecule has 2 heteroatoms. The highest BCUT2D eigenvalue weighted by Gasteiger charge is 2.38. The summed E-state index contributed by atoms with van der Waals surface area (Å²) in [6.07, 6.45) is 8.98. The number of allylic oxidation sites excluding steroid dienone is 1. The largest absolute Gasteiger partial charge is 0.489 e. The first-order valence-corrected chi connectivity index (χ1v) is 7.32. The van der Waals surface area contributed by atoms with Crippen molar-refractivity contribution in [2.24, 2.45) is 5.41 Å². The third kappa shape index (κ3) is 3.01. The van der Waals surface area contributed by atoms with Crippen LogP contribution in [0.25, 0.3) is 0 Å². The van der Waals surface area contributed by atoms with E-state index >= 15 is 0 Å². The normalized spacial score (nSPS) is 30.4. The number of rotatable bonds is 3. The molecule has 1 N–H and O–H groups in total. The highest BCUT2D eigenvalue weighted by molar-refractivity contribution is 5.23. The van der Waals surface area contributed by atoms with E-state index < -0.39 is 0 Å². The summed E-state index contributed by atoms with van der Waals surface area (Å²) in [5.74, 6) is 0.939. The van der Waals surface area contributed by atoms with Crippen LogP contribution < -0.4 is 4.74 Å². The predicted molar refractivity (Wildman–Crippen MR) is 76.2 cm³/mol. The van der Waals surface area contributed by atoms with Gasteiger partial charge >= 0.3 is 0 Å². The Morgan fingerprint density at radius 3 is 2.79 bits per heavy atom. The Balaban J connectivity index is 1.64. The van der Waals surface area contributed by atoms with Gasteiger partial charge in [0.1, 0.15) is 12.4 Å². The number of hydrogen-bond acceptors (Lipinski definition) is 2. The highest BCUT2D eigenvalue weighted by atomic mass is 16.5. The topological polar surface area (TPSA) is 29.5 Å². The molecule has 0 aromatic heterocycles. The number of aliphatic hydroxyl groups is 1. The molecular formula is C17H22O2. The summed E-state index contributed by atoms with van der Waals surface area (Å²) in [5, 5.41) is 9.78. The summed E-state index contributed by atoms with van der Waals surface area (Å²) in [4.78, 5) is 0. The van der Waals surface area contributed by atoms with Crippen LogP contribution in [0, 0.1) is 5.41 Å². The third-order valence-electron chi connectivity index (χ3n) is 4.47. The fourth-order valence-corrected chi connectivity index (χ4v) is 3.54. The predicted octanol–water partition coefficient (Wildman–Crippen LogP) is 3.71. The molecule has 0 bridgehead atoms. The first-order valence-electron chi connectivity index (χ1n) is 7.32. The molecule has 0 amide bonds. The lowest BCUT2D eigenvalue weighted by molar-refractivity contribution is 0.165. The minimum atomic E-state index is -0.0920. The molecule has 2 aliphatic carbocycles. The van der Waals surface area contributed by atoms with Crippen LogP contribution >= 0.6 is 0 Å². The van der Waals surface area contributed by atoms with Gasteiger partial charge in [0.2, 0.25) is 0 Å². The summed E-state index contributed by atoms with van der Waals surface area (Å²) in [7, 11) is 0. The van der Waals surface area contributed by atoms with Gasteiger partial charge in [-0.2, -0.15) is 0 Å². The Kier molecular flexibility index (Phi) is 3.61. The number of hydrogen-bond donors (Lipinski definition) is 1. The summed E-state index contributed by atoms with van der Waals surface area (Å²) < 4.78 is 5.84. The molecule has 0 heterocycles. The van der Waals surface area contributed by atoms with Crippen molar-refractivity contribution in [3.63, 3.8) is 0 Å². The van der Waals surface area contributed by atoms with Crippen molar-refractivity contribution in [2.45, 2.75) is 44.6 Å². The Morgan fingerprint density at radius 1 is 1.21 bits per heavy atom. The van der Waals surface area contributed by atoms with E-state index in [-0.39, 0.29) is 11.5 Å². The van der Waals surface area contributed by atoms with Crippen LogP contribution in [-0.4, -0.2) is 17.8 Å². The molecule has 0 aliphatic heterocycles. The number of ether oxygens (including phenoxy) is 1. The van der Waals surface area contributed by atoms with Crippen LogP contribution in [0.15, 0.2) is 42.0 Å². The zero-order valence-electron chi connectivity index (χ0n) is 11.3. The van der Waals surface area contributed by atoms with Crippen molar-refractivity contribution < 1.29 is 9.84 Å². The molecule has 0 radical (unpaired) electrons. The van der Waals surface area contributed by atoms with E-state index in [1.54, 1.807) is 0 Å². The van der Waals surface area contributed by atoms with Gasteiger partial charge in [0.25, 0.3) is 0 Å². The van der Waals surface area contributed by atoms with E-state index in [1.807, 2.05) is 30.3 Å². The standard InChI is InChI=1S/C17H22O2/c18-15-8-10-17(12-15)9-4-5-14(11-17)13-19-16-6-2-1-3-7-16/h1-3,6-7,11,15,18H,4-5,8-10,12-13H2/t15-,17-/m1/s1. The first kappa shape index (κ1) is 12.7. The summed E-state index contributed by atoms with van der Waals surface area (Å²) in [6, 6.07) is 10.00. The molecule has 102 valence electrons. The second-order valence-electron chi connectivity index (χ2n) is 6.02. The van der Waals surface area contributed by atoms with Gasteiger partial charge in [0, 0.05) is 0 Å². The van der Waals surface area contributed by atoms with Gasteiger partial charge in [-0.3, -0.25) is 0 Å². The van der Waals surface area contributed by atoms with Gasteiger partial charge in [-0.1, -0.05) is 24.3 Å². The molecule has 3 rings (SSSR count). The van der Waals surface area contributed by atoms with Crippen LogP contribution in [0.3, 0.4) is 0 Å². The smallest absolute Gasteiger partial charge is 0.119 e. The zero-order valence-corrected chi connectivity index (χ0v) is 11.3. The SMILES string of the molecule is O[C@@H]1CC[C@]2(C=C(COc3ccccc3)CCC2)C1. The maximum absolute atomic E-state index is 9.78. The lowest BCUT2D eigenvalue weighted by Gasteiger charge is -2.31. The quantitative estimate of drug-likeness (QED) is 0.838. The molecule has 19 heavy (non-hydrogen) atoms. The number of aliphatic hydroxyl groups excluding tert-OH is 1. The first-order chi connectivity index (χ1) is 9.26. The average molecular weight is 258 g/mol. The van der Waals surface area contributed by atoms with E-state index in [0.29, 0.717) is 6.61 Å². The third-order valence-corrected chi connectivity index (χ3v) is 4.47. The van der Waals surface area contributed by atoms with Crippen LogP contribution in [-0.2, 0) is 0 Å². The lowest BCUT2D eigenvalue weighted by Crippen LogP contribution is -2.21. The van der Waals surface area contributed by atoms with E-state index in [0.717, 1.165) is 31.4 Å². The summed E-state index contributed by atoms with van der Waals surface area (Å²) >= 11 is 0. The maximum Gasteiger partial charge on any atom is 0.119 e. The molecule has 2 aliphatic rings. The van der Waals surface area contributed by atoms with Gasteiger partial charge in [0.15, 0.2) is 0 Å². The van der Waals surface area contributed by atoms with Crippen LogP contribution in [0.5, 0.6) is 5.75 Å². The van der Waals surface area contributed by atoms with Gasteiger partial charge in [0.05, 0.1) is 6.10 Å². The van der Waals surface area contributed by atoms with Crippen LogP contribution in [0.2, 0.25) is 0 Å². The average Bonchev–Trinajstić information content (AvgIpc) is 2.78. The van der Waals surface area contributed by atoms with E-state index in [9.17, 15) is 5.11 Å². The fourth-order valence-electron chi connectivity index (χ4n) is 3.54. The van der Waals surface area contributed by atoms with E-state index in [4.69, 9.17) is 4.74 Å². The Morgan fingerprint density at radius 2 is 2.05 bits per heavy atom. The van der Waals surface area contributed by atoms with Gasteiger partial charge in [-0.05, 0) is 61.6 Å². The maximum atomic E-state index is 9.78. The second-order valence-corrected chi connectivity index (χ2v) is 6.02. The lowest BCUT2D eigenvalue weighted by atomic mass is 9.75. The van der Waals surface area contributed by atoms with Crippen molar-refractivity contribution in [3.8, 4) is 5.75 Å². The van der Waals surface area contributed by atoms with Crippen molar-refractivity contribution in [2.75, 3.05) is 6.61 Å². The van der Waals surface area contributed by atoms with Crippen LogP contribution in [0.4, 0.5) is 0 Å². The monoisotopic (exact) mass is 258 g/mol. The van der Waals surface area contributed by atoms with Gasteiger partial charge in [-0.15, -0.1) is 0 Å². The zero-order chi connectivity index (χ0) is 13.1. The Hall–Kier alpha value is -1.28. The molecule has 1 saturated carbocycles. The van der Waals surface area contributed by atoms with Gasteiger partial charge in [-0.25, -0.2) is 0 Å². The molecule has 0 unspecified atom stereocenters. The Bertz CT molecular complexity index is 452. The van der Waals surface area contributed by atoms with Crippen molar-refractivity contribution >= 4 is 0 Å². The summed E-state index contributed by atoms with van der Waals surface area (Å²) in [6.45, 7) is 0.696. The molecule has 1 aromatic carbocycles. The van der Waals surface area contributed by atoms with Gasteiger partial charge < -0.3 is 9.84 Å². The minimum absolute atomic E-state index is 0.0920. The van der Waals surface area contributed by atoms with Crippen molar-refractivity contribution in [1.29, 1.82) is 0 Å². The minimum Gasteiger partial charge on any atom is -0.489 e. The molecule has 0 saturated heterocycles. The molecule has 1 fully saturated rings. The fraction of sp³-hybridized carbons (Fsp3) is 0.529. The number of para-hydroxylation sites is 1. The molecule has 1 aromatic rings. The summed E-state index contributed by atoms with van der Waals surface area (Å²) in [5.41, 5.74) is 1.68. The van der Waals surface area contributed by atoms with Crippen molar-refractivity contribution in [3.05, 3.63) is 42.0 Å². The van der Waals surface area contributed by atoms with E-state index in [1.165, 1.54) is 18.4 Å². The van der Waals surface area contributed by atoms with Crippen LogP contribution in [0.1, 0.15) is 38.5 Å². The second kappa shape index (κ2) is 5.38. The number of benzene rings is 1. The van der Waals surface area contributed by atoms with E-state index in [2.05, 4.69) is 6.08 Å². The molecule has 2 atom stereocenters. The Labute approximate surface area is 115 Å². The van der Waals surface area contributed by atoms with Crippen molar-refractivity contribution in [1.82, 2.24) is 0 Å². The molecular weight excluding hydrogens is 236 g/mol. The molecule has 2 nitrogen and oxygen atoms in total. The highest BCUT2D eigenvalue weighted by Crippen LogP contribution is 2.47. The molecule has 1 spiro atoms.